The molecule has 3 rings (SSSR count). The van der Waals surface area contributed by atoms with E-state index in [2.05, 4.69) is 19.2 Å². The summed E-state index contributed by atoms with van der Waals surface area (Å²) in [6.45, 7) is 5.93. The van der Waals surface area contributed by atoms with E-state index in [4.69, 9.17) is 0 Å². The average molecular weight is 177 g/mol. The molecule has 1 heteroatoms. The molecule has 4 unspecified atom stereocenters. The Hall–Kier alpha value is -0.300. The highest BCUT2D eigenvalue weighted by Crippen LogP contribution is 2.55. The van der Waals surface area contributed by atoms with Gasteiger partial charge in [0.05, 0.1) is 0 Å². The van der Waals surface area contributed by atoms with Crippen LogP contribution in [-0.2, 0) is 0 Å². The zero-order chi connectivity index (χ0) is 9.00. The molecule has 13 heavy (non-hydrogen) atoms. The van der Waals surface area contributed by atoms with Crippen LogP contribution in [-0.4, -0.2) is 12.6 Å². The van der Waals surface area contributed by atoms with Crippen LogP contribution in [0.15, 0.2) is 11.1 Å². The van der Waals surface area contributed by atoms with Gasteiger partial charge in [0.2, 0.25) is 0 Å². The summed E-state index contributed by atoms with van der Waals surface area (Å²) in [5.74, 6) is 3.01. The van der Waals surface area contributed by atoms with E-state index in [1.54, 1.807) is 11.1 Å². The van der Waals surface area contributed by atoms with Crippen molar-refractivity contribution in [2.75, 3.05) is 6.54 Å². The molecule has 0 aromatic heterocycles. The third-order valence-electron chi connectivity index (χ3n) is 4.58. The molecule has 0 radical (unpaired) electrons. The Labute approximate surface area is 80.6 Å². The largest absolute Gasteiger partial charge is 0.310 e. The average Bonchev–Trinajstić information content (AvgIpc) is 2.71. The molecule has 0 amide bonds. The fraction of sp³-hybridized carbons (Fsp3) is 0.833. The van der Waals surface area contributed by atoms with Crippen molar-refractivity contribution in [2.24, 2.45) is 17.8 Å². The number of rotatable bonds is 1. The highest BCUT2D eigenvalue weighted by atomic mass is 15.0. The fourth-order valence-corrected chi connectivity index (χ4v) is 3.90. The maximum atomic E-state index is 3.72. The Kier molecular flexibility index (Phi) is 1.61. The molecule has 3 aliphatic rings. The van der Waals surface area contributed by atoms with Gasteiger partial charge in [-0.05, 0) is 50.5 Å². The quantitative estimate of drug-likeness (QED) is 0.606. The summed E-state index contributed by atoms with van der Waals surface area (Å²) in [5.41, 5.74) is 3.48. The van der Waals surface area contributed by atoms with Crippen molar-refractivity contribution >= 4 is 0 Å². The van der Waals surface area contributed by atoms with Crippen molar-refractivity contribution in [1.29, 1.82) is 0 Å². The first-order valence-corrected chi connectivity index (χ1v) is 5.74. The molecule has 1 saturated heterocycles. The van der Waals surface area contributed by atoms with Crippen LogP contribution in [0, 0.1) is 17.8 Å². The van der Waals surface area contributed by atoms with E-state index in [1.807, 2.05) is 0 Å². The molecule has 4 atom stereocenters. The van der Waals surface area contributed by atoms with Gasteiger partial charge in [-0.2, -0.15) is 0 Å². The van der Waals surface area contributed by atoms with Gasteiger partial charge in [0.15, 0.2) is 0 Å². The number of hydrogen-bond acceptors (Lipinski definition) is 1. The van der Waals surface area contributed by atoms with E-state index in [0.717, 1.165) is 23.8 Å². The predicted molar refractivity (Wildman–Crippen MR) is 54.5 cm³/mol. The molecule has 2 saturated carbocycles. The van der Waals surface area contributed by atoms with Crippen molar-refractivity contribution in [3.05, 3.63) is 11.1 Å². The SMILES string of the molecule is CC/C(C)=C1/C2CC3CNC1C3C2. The topological polar surface area (TPSA) is 12.0 Å². The molecule has 0 aromatic rings. The Balaban J connectivity index is 2.00. The van der Waals surface area contributed by atoms with Crippen LogP contribution in [0.1, 0.15) is 33.1 Å². The summed E-state index contributed by atoms with van der Waals surface area (Å²) in [6, 6.07) is 0.795. The first-order valence-electron chi connectivity index (χ1n) is 5.74. The summed E-state index contributed by atoms with van der Waals surface area (Å²) in [5, 5.41) is 3.72. The standard InChI is InChI=1S/C12H19N/c1-3-7(2)11-8-4-9-6-13-12(11)10(9)5-8/h8-10,12-13H,3-6H2,1-2H3/b11-7-. The molecule has 1 aliphatic heterocycles. The molecular formula is C12H19N. The second-order valence-electron chi connectivity index (χ2n) is 5.07. The normalized spacial score (nSPS) is 50.3. The van der Waals surface area contributed by atoms with E-state index >= 15 is 0 Å². The molecule has 0 aromatic carbocycles. The van der Waals surface area contributed by atoms with Crippen molar-refractivity contribution in [3.63, 3.8) is 0 Å². The highest BCUT2D eigenvalue weighted by Gasteiger charge is 2.53. The molecule has 1 heterocycles. The third kappa shape index (κ3) is 0.914. The van der Waals surface area contributed by atoms with Gasteiger partial charge in [0.1, 0.15) is 0 Å². The first kappa shape index (κ1) is 8.05. The van der Waals surface area contributed by atoms with Crippen molar-refractivity contribution in [3.8, 4) is 0 Å². The van der Waals surface area contributed by atoms with Gasteiger partial charge in [-0.25, -0.2) is 0 Å². The predicted octanol–water partition coefficient (Wildman–Crippen LogP) is 2.34. The van der Waals surface area contributed by atoms with Gasteiger partial charge in [-0.1, -0.05) is 18.1 Å². The molecule has 1 nitrogen and oxygen atoms in total. The summed E-state index contributed by atoms with van der Waals surface area (Å²) in [7, 11) is 0. The van der Waals surface area contributed by atoms with Gasteiger partial charge < -0.3 is 5.32 Å². The number of hydrogen-bond donors (Lipinski definition) is 1. The Morgan fingerprint density at radius 1 is 1.46 bits per heavy atom. The van der Waals surface area contributed by atoms with E-state index in [-0.39, 0.29) is 0 Å². The van der Waals surface area contributed by atoms with Crippen molar-refractivity contribution in [2.45, 2.75) is 39.2 Å². The lowest BCUT2D eigenvalue weighted by Crippen LogP contribution is -2.27. The van der Waals surface area contributed by atoms with Crippen LogP contribution >= 0.6 is 0 Å². The zero-order valence-corrected chi connectivity index (χ0v) is 8.64. The summed E-state index contributed by atoms with van der Waals surface area (Å²) < 4.78 is 0. The lowest BCUT2D eigenvalue weighted by atomic mass is 9.84. The number of fused-ring (bicyclic) bond motifs is 1. The minimum absolute atomic E-state index is 0.795. The molecular weight excluding hydrogens is 158 g/mol. The van der Waals surface area contributed by atoms with E-state index < -0.39 is 0 Å². The van der Waals surface area contributed by atoms with Crippen molar-refractivity contribution in [1.82, 2.24) is 5.32 Å². The first-order chi connectivity index (χ1) is 6.31. The van der Waals surface area contributed by atoms with E-state index in [0.29, 0.717) is 0 Å². The number of nitrogens with one attached hydrogen (secondary N) is 1. The minimum Gasteiger partial charge on any atom is -0.310 e. The Morgan fingerprint density at radius 2 is 2.31 bits per heavy atom. The summed E-state index contributed by atoms with van der Waals surface area (Å²) in [4.78, 5) is 0. The second kappa shape index (κ2) is 2.60. The van der Waals surface area contributed by atoms with Crippen LogP contribution in [0.5, 0.6) is 0 Å². The second-order valence-corrected chi connectivity index (χ2v) is 5.07. The Bertz CT molecular complexity index is 264. The third-order valence-corrected chi connectivity index (χ3v) is 4.58. The van der Waals surface area contributed by atoms with Crippen molar-refractivity contribution < 1.29 is 0 Å². The molecule has 2 bridgehead atoms. The molecule has 1 N–H and O–H groups in total. The maximum Gasteiger partial charge on any atom is 0.0316 e. The van der Waals surface area contributed by atoms with Crippen LogP contribution < -0.4 is 5.32 Å². The molecule has 3 fully saturated rings. The van der Waals surface area contributed by atoms with Gasteiger partial charge in [0.25, 0.3) is 0 Å². The maximum absolute atomic E-state index is 3.72. The number of allylic oxidation sites excluding steroid dienone is 1. The Morgan fingerprint density at radius 3 is 3.08 bits per heavy atom. The van der Waals surface area contributed by atoms with Crippen LogP contribution in [0.25, 0.3) is 0 Å². The molecule has 72 valence electrons. The highest BCUT2D eigenvalue weighted by molar-refractivity contribution is 5.32. The van der Waals surface area contributed by atoms with E-state index in [9.17, 15) is 0 Å². The summed E-state index contributed by atoms with van der Waals surface area (Å²) in [6.07, 6.45) is 4.23. The zero-order valence-electron chi connectivity index (χ0n) is 8.64. The van der Waals surface area contributed by atoms with Crippen LogP contribution in [0.3, 0.4) is 0 Å². The van der Waals surface area contributed by atoms with Gasteiger partial charge in [0, 0.05) is 6.04 Å². The van der Waals surface area contributed by atoms with Gasteiger partial charge in [-0.3, -0.25) is 0 Å². The van der Waals surface area contributed by atoms with E-state index in [1.165, 1.54) is 25.8 Å². The van der Waals surface area contributed by atoms with Gasteiger partial charge in [-0.15, -0.1) is 0 Å². The molecule has 0 spiro atoms. The van der Waals surface area contributed by atoms with Crippen LogP contribution in [0.2, 0.25) is 0 Å². The van der Waals surface area contributed by atoms with Gasteiger partial charge >= 0.3 is 0 Å². The molecule has 2 aliphatic carbocycles. The van der Waals surface area contributed by atoms with Crippen LogP contribution in [0.4, 0.5) is 0 Å². The fourth-order valence-electron chi connectivity index (χ4n) is 3.90. The lowest BCUT2D eigenvalue weighted by molar-refractivity contribution is 0.437. The summed E-state index contributed by atoms with van der Waals surface area (Å²) >= 11 is 0. The monoisotopic (exact) mass is 177 g/mol. The minimum atomic E-state index is 0.795. The smallest absolute Gasteiger partial charge is 0.0316 e. The lowest BCUT2D eigenvalue weighted by Gasteiger charge is -2.23.